The van der Waals surface area contributed by atoms with Crippen molar-refractivity contribution in [3.8, 4) is 0 Å². The first-order valence-corrected chi connectivity index (χ1v) is 9.69. The van der Waals surface area contributed by atoms with E-state index < -0.39 is 0 Å². The molecule has 1 saturated heterocycles. The molecule has 1 atom stereocenters. The Kier molecular flexibility index (Phi) is 10.0. The summed E-state index contributed by atoms with van der Waals surface area (Å²) in [6, 6.07) is 8.65. The van der Waals surface area contributed by atoms with Crippen LogP contribution >= 0.6 is 24.0 Å². The van der Waals surface area contributed by atoms with Crippen LogP contribution in [0.4, 0.5) is 0 Å². The molecule has 6 heteroatoms. The Bertz CT molecular complexity index is 599. The Morgan fingerprint density at radius 2 is 2.11 bits per heavy atom. The van der Waals surface area contributed by atoms with Gasteiger partial charge in [0.2, 0.25) is 0 Å². The highest BCUT2D eigenvalue weighted by molar-refractivity contribution is 14.0. The van der Waals surface area contributed by atoms with Crippen LogP contribution in [-0.4, -0.2) is 50.5 Å². The average Bonchev–Trinajstić information content (AvgIpc) is 3.07. The molecule has 0 bridgehead atoms. The number of benzene rings is 1. The number of halogens is 1. The summed E-state index contributed by atoms with van der Waals surface area (Å²) in [5, 5.41) is 16.2. The van der Waals surface area contributed by atoms with Crippen molar-refractivity contribution >= 4 is 29.9 Å². The van der Waals surface area contributed by atoms with E-state index in [1.165, 1.54) is 11.1 Å². The zero-order chi connectivity index (χ0) is 19.0. The molecule has 1 heterocycles. The van der Waals surface area contributed by atoms with Crippen LogP contribution < -0.4 is 10.6 Å². The molecular weight excluding hydrogens is 453 g/mol. The van der Waals surface area contributed by atoms with E-state index in [0.29, 0.717) is 13.2 Å². The molecule has 2 rings (SSSR count). The standard InChI is InChI=1S/C21H35N3O2.HI/c1-5-22-19(24-15-21(9-11-25)10-12-26-16-21)23-14-20(3,4)18-8-6-7-17(2)13-18;/h6-8,13,25H,5,9-12,14-16H2,1-4H3,(H2,22,23,24);1H. The maximum absolute atomic E-state index is 9.39. The second kappa shape index (κ2) is 11.2. The van der Waals surface area contributed by atoms with Gasteiger partial charge < -0.3 is 20.5 Å². The monoisotopic (exact) mass is 489 g/mol. The molecule has 0 amide bonds. The van der Waals surface area contributed by atoms with Crippen molar-refractivity contribution < 1.29 is 9.84 Å². The van der Waals surface area contributed by atoms with Gasteiger partial charge in [-0.2, -0.15) is 0 Å². The van der Waals surface area contributed by atoms with E-state index in [2.05, 4.69) is 62.6 Å². The minimum Gasteiger partial charge on any atom is -0.396 e. The topological polar surface area (TPSA) is 65.9 Å². The fraction of sp³-hybridized carbons (Fsp3) is 0.667. The molecule has 1 aliphatic heterocycles. The van der Waals surface area contributed by atoms with Crippen LogP contribution in [0.25, 0.3) is 0 Å². The van der Waals surface area contributed by atoms with Gasteiger partial charge in [-0.05, 0) is 32.3 Å². The highest BCUT2D eigenvalue weighted by Gasteiger charge is 2.34. The van der Waals surface area contributed by atoms with E-state index in [9.17, 15) is 5.11 Å². The van der Waals surface area contributed by atoms with Crippen molar-refractivity contribution in [1.82, 2.24) is 10.6 Å². The summed E-state index contributed by atoms with van der Waals surface area (Å²) in [6.07, 6.45) is 1.74. The first-order valence-electron chi connectivity index (χ1n) is 9.69. The van der Waals surface area contributed by atoms with Crippen molar-refractivity contribution in [2.24, 2.45) is 10.4 Å². The van der Waals surface area contributed by atoms with E-state index in [1.54, 1.807) is 0 Å². The molecule has 0 aromatic heterocycles. The molecule has 0 aliphatic carbocycles. The molecule has 5 nitrogen and oxygen atoms in total. The zero-order valence-electron chi connectivity index (χ0n) is 17.2. The molecule has 1 fully saturated rings. The smallest absolute Gasteiger partial charge is 0.191 e. The lowest BCUT2D eigenvalue weighted by Crippen LogP contribution is -2.45. The number of hydrogen-bond donors (Lipinski definition) is 3. The van der Waals surface area contributed by atoms with Crippen LogP contribution in [0.5, 0.6) is 0 Å². The summed E-state index contributed by atoms with van der Waals surface area (Å²) in [4.78, 5) is 4.83. The van der Waals surface area contributed by atoms with E-state index >= 15 is 0 Å². The van der Waals surface area contributed by atoms with Crippen molar-refractivity contribution in [3.63, 3.8) is 0 Å². The molecule has 0 spiro atoms. The summed E-state index contributed by atoms with van der Waals surface area (Å²) in [6.45, 7) is 12.6. The van der Waals surface area contributed by atoms with Gasteiger partial charge in [-0.3, -0.25) is 4.99 Å². The molecule has 1 unspecified atom stereocenters. The highest BCUT2D eigenvalue weighted by Crippen LogP contribution is 2.31. The van der Waals surface area contributed by atoms with E-state index in [4.69, 9.17) is 9.73 Å². The van der Waals surface area contributed by atoms with Crippen LogP contribution in [-0.2, 0) is 10.2 Å². The highest BCUT2D eigenvalue weighted by atomic mass is 127. The minimum absolute atomic E-state index is 0. The van der Waals surface area contributed by atoms with Gasteiger partial charge in [0.1, 0.15) is 0 Å². The fourth-order valence-electron chi connectivity index (χ4n) is 3.36. The van der Waals surface area contributed by atoms with Gasteiger partial charge in [-0.15, -0.1) is 24.0 Å². The SMILES string of the molecule is CCNC(=NCC(C)(C)c1cccc(C)c1)NCC1(CCO)CCOC1.I. The second-order valence-corrected chi connectivity index (χ2v) is 8.08. The molecule has 3 N–H and O–H groups in total. The number of nitrogens with zero attached hydrogens (tertiary/aromatic N) is 1. The Hall–Kier alpha value is -0.860. The van der Waals surface area contributed by atoms with E-state index in [0.717, 1.165) is 38.5 Å². The summed E-state index contributed by atoms with van der Waals surface area (Å²) in [5.41, 5.74) is 2.56. The van der Waals surface area contributed by atoms with Gasteiger partial charge in [0.05, 0.1) is 13.2 Å². The quantitative estimate of drug-likeness (QED) is 0.298. The first kappa shape index (κ1) is 24.2. The third kappa shape index (κ3) is 7.23. The largest absolute Gasteiger partial charge is 0.396 e. The molecule has 1 aliphatic rings. The number of aliphatic hydroxyl groups excluding tert-OH is 1. The number of hydrogen-bond acceptors (Lipinski definition) is 3. The van der Waals surface area contributed by atoms with Crippen molar-refractivity contribution in [2.75, 3.05) is 39.5 Å². The Morgan fingerprint density at radius 1 is 1.33 bits per heavy atom. The maximum Gasteiger partial charge on any atom is 0.191 e. The van der Waals surface area contributed by atoms with Crippen LogP contribution in [0.15, 0.2) is 29.3 Å². The number of nitrogens with one attached hydrogen (secondary N) is 2. The molecular formula is C21H36IN3O2. The van der Waals surface area contributed by atoms with Crippen LogP contribution in [0.3, 0.4) is 0 Å². The Balaban J connectivity index is 0.00000364. The number of guanidine groups is 1. The molecule has 1 aromatic carbocycles. The van der Waals surface area contributed by atoms with Gasteiger partial charge in [0.15, 0.2) is 5.96 Å². The van der Waals surface area contributed by atoms with Crippen LogP contribution in [0.2, 0.25) is 0 Å². The average molecular weight is 489 g/mol. The summed E-state index contributed by atoms with van der Waals surface area (Å²) < 4.78 is 5.58. The lowest BCUT2D eigenvalue weighted by atomic mass is 9.84. The summed E-state index contributed by atoms with van der Waals surface area (Å²) in [7, 11) is 0. The fourth-order valence-corrected chi connectivity index (χ4v) is 3.36. The number of aliphatic hydroxyl groups is 1. The van der Waals surface area contributed by atoms with Crippen molar-refractivity contribution in [1.29, 1.82) is 0 Å². The van der Waals surface area contributed by atoms with Crippen molar-refractivity contribution in [3.05, 3.63) is 35.4 Å². The number of aryl methyl sites for hydroxylation is 1. The minimum atomic E-state index is -0.0341. The van der Waals surface area contributed by atoms with Gasteiger partial charge in [-0.1, -0.05) is 43.7 Å². The van der Waals surface area contributed by atoms with Gasteiger partial charge in [0, 0.05) is 37.1 Å². The maximum atomic E-state index is 9.39. The third-order valence-electron chi connectivity index (χ3n) is 5.23. The molecule has 0 saturated carbocycles. The number of rotatable bonds is 8. The van der Waals surface area contributed by atoms with Crippen molar-refractivity contribution in [2.45, 2.75) is 46.0 Å². The van der Waals surface area contributed by atoms with E-state index in [-0.39, 0.29) is 41.4 Å². The zero-order valence-corrected chi connectivity index (χ0v) is 19.5. The summed E-state index contributed by atoms with van der Waals surface area (Å²) >= 11 is 0. The third-order valence-corrected chi connectivity index (χ3v) is 5.23. The molecule has 1 aromatic rings. The predicted molar refractivity (Wildman–Crippen MR) is 123 cm³/mol. The number of aliphatic imine (C=N–C) groups is 1. The Labute approximate surface area is 181 Å². The Morgan fingerprint density at radius 3 is 2.70 bits per heavy atom. The molecule has 0 radical (unpaired) electrons. The predicted octanol–water partition coefficient (Wildman–Crippen LogP) is 3.23. The summed E-state index contributed by atoms with van der Waals surface area (Å²) in [5.74, 6) is 0.831. The van der Waals surface area contributed by atoms with Gasteiger partial charge in [-0.25, -0.2) is 0 Å². The number of ether oxygens (including phenoxy) is 1. The van der Waals surface area contributed by atoms with Crippen LogP contribution in [0, 0.1) is 12.3 Å². The van der Waals surface area contributed by atoms with Crippen LogP contribution in [0.1, 0.15) is 44.7 Å². The van der Waals surface area contributed by atoms with Gasteiger partial charge >= 0.3 is 0 Å². The molecule has 27 heavy (non-hydrogen) atoms. The normalized spacial score (nSPS) is 20.3. The first-order chi connectivity index (χ1) is 12.4. The lowest BCUT2D eigenvalue weighted by Gasteiger charge is -2.28. The molecule has 154 valence electrons. The van der Waals surface area contributed by atoms with E-state index in [1.807, 2.05) is 0 Å². The lowest BCUT2D eigenvalue weighted by molar-refractivity contribution is 0.127. The van der Waals surface area contributed by atoms with Gasteiger partial charge in [0.25, 0.3) is 0 Å². The second-order valence-electron chi connectivity index (χ2n) is 8.08.